The average molecular weight is 499 g/mol. The van der Waals surface area contributed by atoms with Gasteiger partial charge in [-0.15, -0.1) is 0 Å². The summed E-state index contributed by atoms with van der Waals surface area (Å²) in [5.74, 6) is 0. The molecule has 3 nitrogen and oxygen atoms in total. The van der Waals surface area contributed by atoms with Gasteiger partial charge < -0.3 is 0 Å². The summed E-state index contributed by atoms with van der Waals surface area (Å²) in [6.07, 6.45) is 0. The molecule has 0 aromatic heterocycles. The lowest BCUT2D eigenvalue weighted by atomic mass is 9.80. The molecule has 1 fully saturated rings. The van der Waals surface area contributed by atoms with Crippen LogP contribution in [-0.2, 0) is 4.57 Å². The largest absolute Gasteiger partial charge is 0.292 e. The maximum atomic E-state index is 14.5. The van der Waals surface area contributed by atoms with Crippen molar-refractivity contribution in [2.75, 3.05) is 13.1 Å². The molecule has 1 aliphatic heterocycles. The molecule has 0 amide bonds. The molecule has 5 rings (SSSR count). The third-order valence-corrected chi connectivity index (χ3v) is 9.52. The number of fused-ring (bicyclic) bond motifs is 2. The van der Waals surface area contributed by atoms with Gasteiger partial charge in [0.2, 0.25) is 8.10 Å². The van der Waals surface area contributed by atoms with Crippen LogP contribution in [0.2, 0.25) is 0 Å². The van der Waals surface area contributed by atoms with Gasteiger partial charge in [-0.05, 0) is 43.5 Å². The molecular weight excluding hydrogens is 459 g/mol. The van der Waals surface area contributed by atoms with Crippen LogP contribution >= 0.6 is 8.10 Å². The van der Waals surface area contributed by atoms with Crippen molar-refractivity contribution in [3.63, 3.8) is 0 Å². The Morgan fingerprint density at radius 2 is 0.944 bits per heavy atom. The Bertz CT molecular complexity index is 1300. The summed E-state index contributed by atoms with van der Waals surface area (Å²) in [6, 6.07) is 30.4. The average Bonchev–Trinajstić information content (AvgIpc) is 3.18. The molecule has 1 heterocycles. The number of hydrogen-bond donors (Lipinski definition) is 0. The molecule has 0 unspecified atom stereocenters. The van der Waals surface area contributed by atoms with Crippen molar-refractivity contribution < 1.29 is 4.57 Å². The van der Waals surface area contributed by atoms with E-state index in [-0.39, 0.29) is 22.9 Å². The number of rotatable bonds is 4. The molecule has 0 bridgehead atoms. The van der Waals surface area contributed by atoms with Gasteiger partial charge in [0.1, 0.15) is 0 Å². The zero-order chi connectivity index (χ0) is 25.7. The minimum atomic E-state index is -2.21. The minimum absolute atomic E-state index is 0.0631. The monoisotopic (exact) mass is 498 g/mol. The standard InChI is InChI=1S/C32H39N2OP/c1-31(2,3)29(27-19-11-15-23-13-7-9-17-25(23)27)33-21-22-34(36(33)35)30(32(4,5)6)28-20-12-16-24-14-8-10-18-26(24)28/h7-20,29-30,36H,21-22H2,1-6H3/t29-,30-/m0/s1. The van der Waals surface area contributed by atoms with Crippen LogP contribution in [0.25, 0.3) is 21.5 Å². The van der Waals surface area contributed by atoms with Gasteiger partial charge in [0.05, 0.1) is 0 Å². The van der Waals surface area contributed by atoms with Crippen LogP contribution in [0.15, 0.2) is 84.9 Å². The first kappa shape index (κ1) is 25.2. The number of benzene rings is 4. The molecule has 1 aliphatic rings. The first-order valence-corrected chi connectivity index (χ1v) is 14.4. The Morgan fingerprint density at radius 1 is 0.583 bits per heavy atom. The topological polar surface area (TPSA) is 23.6 Å². The van der Waals surface area contributed by atoms with Crippen LogP contribution in [0.1, 0.15) is 64.8 Å². The zero-order valence-corrected chi connectivity index (χ0v) is 23.5. The smallest absolute Gasteiger partial charge is 0.206 e. The SMILES string of the molecule is CC(C)(C)[C@H](c1cccc2ccccc12)N1CCN([C@@H](c2cccc3ccccc23)C(C)(C)C)[PH]1=O. The van der Waals surface area contributed by atoms with E-state index in [1.165, 1.54) is 32.7 Å². The highest BCUT2D eigenvalue weighted by Gasteiger charge is 2.45. The lowest BCUT2D eigenvalue weighted by molar-refractivity contribution is 0.191. The first-order chi connectivity index (χ1) is 17.1. The molecule has 0 N–H and O–H groups in total. The van der Waals surface area contributed by atoms with E-state index in [9.17, 15) is 4.57 Å². The third kappa shape index (κ3) is 4.54. The van der Waals surface area contributed by atoms with E-state index in [4.69, 9.17) is 0 Å². The summed E-state index contributed by atoms with van der Waals surface area (Å²) >= 11 is 0. The maximum absolute atomic E-state index is 14.5. The predicted molar refractivity (Wildman–Crippen MR) is 155 cm³/mol. The Morgan fingerprint density at radius 3 is 1.33 bits per heavy atom. The summed E-state index contributed by atoms with van der Waals surface area (Å²) in [6.45, 7) is 15.3. The second-order valence-corrected chi connectivity index (χ2v) is 14.1. The van der Waals surface area contributed by atoms with Crippen molar-refractivity contribution in [2.24, 2.45) is 10.8 Å². The highest BCUT2D eigenvalue weighted by Crippen LogP contribution is 2.57. The van der Waals surface area contributed by atoms with Gasteiger partial charge in [-0.1, -0.05) is 126 Å². The molecular formula is C32H39N2OP. The fraction of sp³-hybridized carbons (Fsp3) is 0.375. The minimum Gasteiger partial charge on any atom is -0.292 e. The molecule has 2 atom stereocenters. The molecule has 0 radical (unpaired) electrons. The fourth-order valence-corrected chi connectivity index (χ4v) is 8.64. The Hall–Kier alpha value is -2.45. The maximum Gasteiger partial charge on any atom is 0.206 e. The Balaban J connectivity index is 1.59. The van der Waals surface area contributed by atoms with E-state index in [1.807, 2.05) is 0 Å². The first-order valence-electron chi connectivity index (χ1n) is 13.1. The molecule has 4 aromatic carbocycles. The fourth-order valence-electron chi connectivity index (χ4n) is 6.23. The highest BCUT2D eigenvalue weighted by atomic mass is 31.1. The van der Waals surface area contributed by atoms with Crippen molar-refractivity contribution >= 4 is 29.6 Å². The van der Waals surface area contributed by atoms with Gasteiger partial charge in [-0.25, -0.2) is 9.34 Å². The van der Waals surface area contributed by atoms with E-state index in [0.29, 0.717) is 0 Å². The summed E-state index contributed by atoms with van der Waals surface area (Å²) < 4.78 is 19.2. The second-order valence-electron chi connectivity index (χ2n) is 12.3. The van der Waals surface area contributed by atoms with E-state index < -0.39 is 8.10 Å². The van der Waals surface area contributed by atoms with Crippen LogP contribution < -0.4 is 0 Å². The summed E-state index contributed by atoms with van der Waals surface area (Å²) in [7, 11) is -2.21. The lowest BCUT2D eigenvalue weighted by Gasteiger charge is -2.41. The summed E-state index contributed by atoms with van der Waals surface area (Å²) in [5.41, 5.74) is 2.41. The normalized spacial score (nSPS) is 18.2. The van der Waals surface area contributed by atoms with Crippen LogP contribution in [0.4, 0.5) is 0 Å². The van der Waals surface area contributed by atoms with Gasteiger partial charge >= 0.3 is 0 Å². The van der Waals surface area contributed by atoms with Crippen molar-refractivity contribution in [2.45, 2.75) is 53.6 Å². The van der Waals surface area contributed by atoms with Crippen molar-refractivity contribution in [3.8, 4) is 0 Å². The van der Waals surface area contributed by atoms with Gasteiger partial charge in [0.15, 0.2) is 0 Å². The van der Waals surface area contributed by atoms with Crippen LogP contribution in [0.3, 0.4) is 0 Å². The highest BCUT2D eigenvalue weighted by molar-refractivity contribution is 7.39. The number of nitrogens with zero attached hydrogens (tertiary/aromatic N) is 2. The van der Waals surface area contributed by atoms with E-state index in [2.05, 4.69) is 136 Å². The van der Waals surface area contributed by atoms with E-state index >= 15 is 0 Å². The summed E-state index contributed by atoms with van der Waals surface area (Å²) in [5, 5.41) is 5.00. The van der Waals surface area contributed by atoms with Crippen molar-refractivity contribution in [1.82, 2.24) is 9.34 Å². The zero-order valence-electron chi connectivity index (χ0n) is 22.5. The molecule has 36 heavy (non-hydrogen) atoms. The van der Waals surface area contributed by atoms with Crippen molar-refractivity contribution in [1.29, 1.82) is 0 Å². The van der Waals surface area contributed by atoms with Gasteiger partial charge in [-0.3, -0.25) is 4.57 Å². The quantitative estimate of drug-likeness (QED) is 0.263. The Kier molecular flexibility index (Phi) is 6.62. The van der Waals surface area contributed by atoms with Crippen LogP contribution in [0, 0.1) is 10.8 Å². The molecule has 188 valence electrons. The lowest BCUT2D eigenvalue weighted by Crippen LogP contribution is -2.32. The van der Waals surface area contributed by atoms with Gasteiger partial charge in [0, 0.05) is 25.2 Å². The molecule has 0 saturated carbocycles. The van der Waals surface area contributed by atoms with Gasteiger partial charge in [0.25, 0.3) is 0 Å². The third-order valence-electron chi connectivity index (χ3n) is 7.57. The molecule has 4 aromatic rings. The molecule has 1 saturated heterocycles. The second kappa shape index (κ2) is 9.45. The molecule has 0 aliphatic carbocycles. The summed E-state index contributed by atoms with van der Waals surface area (Å²) in [4.78, 5) is 0. The van der Waals surface area contributed by atoms with E-state index in [0.717, 1.165) is 13.1 Å². The van der Waals surface area contributed by atoms with Crippen LogP contribution in [-0.4, -0.2) is 22.4 Å². The molecule has 0 spiro atoms. The molecule has 4 heteroatoms. The predicted octanol–water partition coefficient (Wildman–Crippen LogP) is 8.87. The Labute approximate surface area is 217 Å². The van der Waals surface area contributed by atoms with Gasteiger partial charge in [-0.2, -0.15) is 0 Å². The van der Waals surface area contributed by atoms with E-state index in [1.54, 1.807) is 0 Å². The number of hydrogen-bond acceptors (Lipinski definition) is 1. The van der Waals surface area contributed by atoms with Crippen molar-refractivity contribution in [3.05, 3.63) is 96.1 Å². The van der Waals surface area contributed by atoms with Crippen LogP contribution in [0.5, 0.6) is 0 Å².